The maximum absolute atomic E-state index is 11.1. The lowest BCUT2D eigenvalue weighted by atomic mass is 10.4. The molecule has 0 fully saturated rings. The molecule has 1 heterocycles. The molecule has 0 saturated heterocycles. The SMILES string of the molecule is O=C(O)CN1CCN=C1C(=O)OC(O)O. The first-order valence-corrected chi connectivity index (χ1v) is 4.09. The highest BCUT2D eigenvalue weighted by Gasteiger charge is 2.27. The molecule has 0 aromatic rings. The number of carbonyl (C=O) groups is 2. The number of carboxylic acid groups (broad SMARTS) is 1. The fraction of sp³-hybridized carbons (Fsp3) is 0.571. The van der Waals surface area contributed by atoms with E-state index in [1.54, 1.807) is 0 Å². The second-order valence-corrected chi connectivity index (χ2v) is 2.75. The number of aliphatic imine (C=N–C) groups is 1. The summed E-state index contributed by atoms with van der Waals surface area (Å²) in [6.45, 7) is -2.04. The number of nitrogens with zero attached hydrogens (tertiary/aromatic N) is 2. The number of rotatable bonds is 4. The third kappa shape index (κ3) is 3.18. The Bertz CT molecular complexity index is 300. The van der Waals surface area contributed by atoms with Crippen LogP contribution >= 0.6 is 0 Å². The van der Waals surface area contributed by atoms with Crippen molar-refractivity contribution in [1.29, 1.82) is 0 Å². The summed E-state index contributed by atoms with van der Waals surface area (Å²) in [5.74, 6) is -2.36. The van der Waals surface area contributed by atoms with Crippen molar-refractivity contribution in [2.75, 3.05) is 19.6 Å². The van der Waals surface area contributed by atoms with Crippen molar-refractivity contribution in [3.63, 3.8) is 0 Å². The van der Waals surface area contributed by atoms with Gasteiger partial charge in [0.1, 0.15) is 6.54 Å². The van der Waals surface area contributed by atoms with Crippen molar-refractivity contribution in [3.05, 3.63) is 0 Å². The fourth-order valence-corrected chi connectivity index (χ4v) is 1.14. The van der Waals surface area contributed by atoms with Crippen LogP contribution in [0.4, 0.5) is 0 Å². The van der Waals surface area contributed by atoms with Crippen LogP contribution in [0, 0.1) is 0 Å². The normalized spacial score (nSPS) is 15.4. The fourth-order valence-electron chi connectivity index (χ4n) is 1.14. The molecule has 1 aliphatic rings. The third-order valence-corrected chi connectivity index (χ3v) is 1.65. The summed E-state index contributed by atoms with van der Waals surface area (Å²) in [7, 11) is 0. The van der Waals surface area contributed by atoms with E-state index in [-0.39, 0.29) is 25.5 Å². The molecule has 8 heteroatoms. The third-order valence-electron chi connectivity index (χ3n) is 1.65. The highest BCUT2D eigenvalue weighted by molar-refractivity contribution is 6.35. The van der Waals surface area contributed by atoms with Crippen LogP contribution in [0.5, 0.6) is 0 Å². The molecule has 0 unspecified atom stereocenters. The summed E-state index contributed by atoms with van der Waals surface area (Å²) in [5.41, 5.74) is 0. The zero-order chi connectivity index (χ0) is 11.4. The molecule has 15 heavy (non-hydrogen) atoms. The molecule has 0 spiro atoms. The lowest BCUT2D eigenvalue weighted by Gasteiger charge is -2.16. The van der Waals surface area contributed by atoms with Gasteiger partial charge < -0.3 is 25.0 Å². The Morgan fingerprint density at radius 2 is 2.20 bits per heavy atom. The molecule has 0 amide bonds. The van der Waals surface area contributed by atoms with Crippen LogP contribution in [0.15, 0.2) is 4.99 Å². The van der Waals surface area contributed by atoms with Crippen LogP contribution in [0.3, 0.4) is 0 Å². The number of aliphatic carboxylic acids is 1. The highest BCUT2D eigenvalue weighted by atomic mass is 16.7. The Kier molecular flexibility index (Phi) is 3.58. The summed E-state index contributed by atoms with van der Waals surface area (Å²) in [4.78, 5) is 26.4. The Balaban J connectivity index is 2.59. The number of aliphatic hydroxyl groups is 2. The quantitative estimate of drug-likeness (QED) is 0.355. The molecule has 84 valence electrons. The van der Waals surface area contributed by atoms with Crippen LogP contribution in [-0.4, -0.2) is 64.1 Å². The van der Waals surface area contributed by atoms with E-state index < -0.39 is 18.4 Å². The first-order valence-electron chi connectivity index (χ1n) is 4.09. The van der Waals surface area contributed by atoms with Crippen molar-refractivity contribution in [3.8, 4) is 0 Å². The number of carbonyl (C=O) groups excluding carboxylic acids is 1. The summed E-state index contributed by atoms with van der Waals surface area (Å²) < 4.78 is 4.05. The minimum Gasteiger partial charge on any atom is -0.480 e. The van der Waals surface area contributed by atoms with Gasteiger partial charge in [0.25, 0.3) is 0 Å². The van der Waals surface area contributed by atoms with E-state index in [0.717, 1.165) is 0 Å². The topological polar surface area (TPSA) is 120 Å². The molecule has 1 aliphatic heterocycles. The smallest absolute Gasteiger partial charge is 0.377 e. The van der Waals surface area contributed by atoms with Gasteiger partial charge in [0.05, 0.1) is 6.54 Å². The number of hydrogen-bond acceptors (Lipinski definition) is 7. The monoisotopic (exact) mass is 218 g/mol. The van der Waals surface area contributed by atoms with Crippen molar-refractivity contribution >= 4 is 17.8 Å². The molecular weight excluding hydrogens is 208 g/mol. The predicted octanol–water partition coefficient (Wildman–Crippen LogP) is -2.40. The molecular formula is C7H10N2O6. The highest BCUT2D eigenvalue weighted by Crippen LogP contribution is 2.03. The minimum atomic E-state index is -2.23. The number of carboxylic acids is 1. The van der Waals surface area contributed by atoms with Crippen molar-refractivity contribution in [2.45, 2.75) is 6.48 Å². The average Bonchev–Trinajstić information content (AvgIpc) is 2.49. The van der Waals surface area contributed by atoms with E-state index in [9.17, 15) is 9.59 Å². The Morgan fingerprint density at radius 1 is 1.53 bits per heavy atom. The number of esters is 1. The molecule has 0 saturated carbocycles. The predicted molar refractivity (Wildman–Crippen MR) is 45.8 cm³/mol. The van der Waals surface area contributed by atoms with Crippen molar-refractivity contribution in [1.82, 2.24) is 4.90 Å². The molecule has 0 radical (unpaired) electrons. The standard InChI is InChI=1S/C7H10N2O6/c10-4(11)3-9-2-1-8-5(9)6(12)15-7(13)14/h7,13-14H,1-3H2,(H,10,11). The van der Waals surface area contributed by atoms with Gasteiger partial charge in [0.15, 0.2) is 0 Å². The number of hydrogen-bond donors (Lipinski definition) is 3. The second kappa shape index (κ2) is 4.71. The van der Waals surface area contributed by atoms with Gasteiger partial charge in [0, 0.05) is 6.54 Å². The molecule has 0 atom stereocenters. The Labute approximate surface area is 84.4 Å². The molecule has 0 aromatic heterocycles. The molecule has 0 aromatic carbocycles. The van der Waals surface area contributed by atoms with Crippen LogP contribution in [0.2, 0.25) is 0 Å². The van der Waals surface area contributed by atoms with Gasteiger partial charge in [-0.25, -0.2) is 4.79 Å². The van der Waals surface area contributed by atoms with E-state index in [0.29, 0.717) is 0 Å². The van der Waals surface area contributed by atoms with E-state index in [2.05, 4.69) is 9.73 Å². The van der Waals surface area contributed by atoms with Gasteiger partial charge in [-0.3, -0.25) is 9.79 Å². The number of ether oxygens (including phenoxy) is 1. The van der Waals surface area contributed by atoms with E-state index in [1.807, 2.05) is 0 Å². The second-order valence-electron chi connectivity index (χ2n) is 2.75. The van der Waals surface area contributed by atoms with E-state index in [1.165, 1.54) is 4.90 Å². The van der Waals surface area contributed by atoms with Crippen LogP contribution in [-0.2, 0) is 14.3 Å². The molecule has 0 aliphatic carbocycles. The van der Waals surface area contributed by atoms with Crippen molar-refractivity contribution in [2.24, 2.45) is 4.99 Å². The summed E-state index contributed by atoms with van der Waals surface area (Å²) >= 11 is 0. The lowest BCUT2D eigenvalue weighted by molar-refractivity contribution is -0.224. The number of aliphatic hydroxyl groups excluding tert-OH is 1. The van der Waals surface area contributed by atoms with Crippen LogP contribution in [0.25, 0.3) is 0 Å². The summed E-state index contributed by atoms with van der Waals surface area (Å²) in [6.07, 6.45) is 0. The zero-order valence-corrected chi connectivity index (χ0v) is 7.66. The van der Waals surface area contributed by atoms with Crippen LogP contribution in [0.1, 0.15) is 0 Å². The van der Waals surface area contributed by atoms with Gasteiger partial charge in [0.2, 0.25) is 5.84 Å². The minimum absolute atomic E-state index is 0.203. The molecule has 8 nitrogen and oxygen atoms in total. The average molecular weight is 218 g/mol. The van der Waals surface area contributed by atoms with E-state index in [4.69, 9.17) is 15.3 Å². The Hall–Kier alpha value is -1.67. The lowest BCUT2D eigenvalue weighted by Crippen LogP contribution is -2.39. The molecule has 3 N–H and O–H groups in total. The van der Waals surface area contributed by atoms with E-state index >= 15 is 0 Å². The first-order chi connectivity index (χ1) is 7.00. The van der Waals surface area contributed by atoms with Gasteiger partial charge >= 0.3 is 18.4 Å². The number of amidine groups is 1. The Morgan fingerprint density at radius 3 is 2.73 bits per heavy atom. The maximum Gasteiger partial charge on any atom is 0.377 e. The largest absolute Gasteiger partial charge is 0.480 e. The first kappa shape index (κ1) is 11.4. The van der Waals surface area contributed by atoms with Crippen molar-refractivity contribution < 1.29 is 29.6 Å². The van der Waals surface area contributed by atoms with Gasteiger partial charge in [-0.2, -0.15) is 0 Å². The summed E-state index contributed by atoms with van der Waals surface area (Å²) in [5, 5.41) is 25.3. The maximum atomic E-state index is 11.1. The van der Waals surface area contributed by atoms with Gasteiger partial charge in [-0.15, -0.1) is 0 Å². The summed E-state index contributed by atoms with van der Waals surface area (Å²) in [6, 6.07) is 0. The molecule has 0 bridgehead atoms. The van der Waals surface area contributed by atoms with Gasteiger partial charge in [-0.05, 0) is 0 Å². The van der Waals surface area contributed by atoms with Gasteiger partial charge in [-0.1, -0.05) is 0 Å². The molecule has 1 rings (SSSR count). The van der Waals surface area contributed by atoms with Crippen LogP contribution < -0.4 is 0 Å². The zero-order valence-electron chi connectivity index (χ0n) is 7.66.